The average Bonchev–Trinajstić information content (AvgIpc) is 2.62. The molecule has 1 heterocycles. The van der Waals surface area contributed by atoms with Gasteiger partial charge >= 0.3 is 0 Å². The zero-order chi connectivity index (χ0) is 15.2. The Kier molecular flexibility index (Phi) is 4.76. The van der Waals surface area contributed by atoms with Crippen LogP contribution in [0.3, 0.4) is 0 Å². The maximum Gasteiger partial charge on any atom is 0.251 e. The van der Waals surface area contributed by atoms with Crippen LogP contribution in [-0.2, 0) is 9.59 Å². The maximum atomic E-state index is 12.0. The normalized spacial score (nSPS) is 13.3. The van der Waals surface area contributed by atoms with Crippen molar-refractivity contribution in [2.45, 2.75) is 13.3 Å². The highest BCUT2D eigenvalue weighted by molar-refractivity contribution is 5.98. The first-order valence-electron chi connectivity index (χ1n) is 6.65. The molecule has 7 nitrogen and oxygen atoms in total. The van der Waals surface area contributed by atoms with E-state index in [-0.39, 0.29) is 24.1 Å². The molecule has 1 aromatic carbocycles. The van der Waals surface area contributed by atoms with Crippen LogP contribution in [-0.4, -0.2) is 37.4 Å². The summed E-state index contributed by atoms with van der Waals surface area (Å²) in [4.78, 5) is 34.1. The van der Waals surface area contributed by atoms with Crippen molar-refractivity contribution in [2.24, 2.45) is 0 Å². The molecule has 0 unspecified atom stereocenters. The molecule has 7 heteroatoms. The fourth-order valence-corrected chi connectivity index (χ4v) is 1.88. The first-order chi connectivity index (χ1) is 10.1. The minimum Gasteiger partial charge on any atom is -0.491 e. The fourth-order valence-electron chi connectivity index (χ4n) is 1.88. The lowest BCUT2D eigenvalue weighted by atomic mass is 10.1. The standard InChI is InChI=1S/C14H17N3O4/c1-9(18)15-5-6-16-14(20)10-2-3-12-11(8-10)17-13(19)4-7-21-12/h2-3,8H,4-7H2,1H3,(H,15,18)(H,16,20)(H,17,19). The van der Waals surface area contributed by atoms with Gasteiger partial charge < -0.3 is 20.7 Å². The second-order valence-corrected chi connectivity index (χ2v) is 4.60. The quantitative estimate of drug-likeness (QED) is 0.694. The van der Waals surface area contributed by atoms with E-state index in [0.29, 0.717) is 36.7 Å². The van der Waals surface area contributed by atoms with Crippen LogP contribution in [0.5, 0.6) is 5.75 Å². The number of hydrogen-bond donors (Lipinski definition) is 3. The third-order valence-electron chi connectivity index (χ3n) is 2.89. The third-order valence-corrected chi connectivity index (χ3v) is 2.89. The van der Waals surface area contributed by atoms with Gasteiger partial charge in [-0.05, 0) is 18.2 Å². The van der Waals surface area contributed by atoms with E-state index in [1.54, 1.807) is 18.2 Å². The number of hydrogen-bond acceptors (Lipinski definition) is 4. The predicted octanol–water partition coefficient (Wildman–Crippen LogP) is 0.273. The topological polar surface area (TPSA) is 96.5 Å². The van der Waals surface area contributed by atoms with Gasteiger partial charge in [0.25, 0.3) is 5.91 Å². The van der Waals surface area contributed by atoms with E-state index in [9.17, 15) is 14.4 Å². The summed E-state index contributed by atoms with van der Waals surface area (Å²) in [6.07, 6.45) is 0.285. The molecular weight excluding hydrogens is 274 g/mol. The largest absolute Gasteiger partial charge is 0.491 e. The Morgan fingerprint density at radius 3 is 2.81 bits per heavy atom. The molecule has 0 saturated heterocycles. The summed E-state index contributed by atoms with van der Waals surface area (Å²) in [6, 6.07) is 4.86. The SMILES string of the molecule is CC(=O)NCCNC(=O)c1ccc2c(c1)NC(=O)CCO2. The van der Waals surface area contributed by atoms with Gasteiger partial charge in [0.2, 0.25) is 11.8 Å². The number of rotatable bonds is 4. The average molecular weight is 291 g/mol. The smallest absolute Gasteiger partial charge is 0.251 e. The number of fused-ring (bicyclic) bond motifs is 1. The molecule has 0 fully saturated rings. The van der Waals surface area contributed by atoms with E-state index in [4.69, 9.17) is 4.74 Å². The van der Waals surface area contributed by atoms with Crippen LogP contribution in [0.1, 0.15) is 23.7 Å². The third kappa shape index (κ3) is 4.20. The van der Waals surface area contributed by atoms with Crippen molar-refractivity contribution in [1.29, 1.82) is 0 Å². The monoisotopic (exact) mass is 291 g/mol. The van der Waals surface area contributed by atoms with E-state index < -0.39 is 0 Å². The lowest BCUT2D eigenvalue weighted by Crippen LogP contribution is -2.33. The minimum atomic E-state index is -0.276. The summed E-state index contributed by atoms with van der Waals surface area (Å²) >= 11 is 0. The van der Waals surface area contributed by atoms with Crippen molar-refractivity contribution in [1.82, 2.24) is 10.6 Å². The fraction of sp³-hybridized carbons (Fsp3) is 0.357. The zero-order valence-electron chi connectivity index (χ0n) is 11.7. The summed E-state index contributed by atoms with van der Waals surface area (Å²) in [5.41, 5.74) is 0.911. The Balaban J connectivity index is 1.98. The number of benzene rings is 1. The maximum absolute atomic E-state index is 12.0. The van der Waals surface area contributed by atoms with Gasteiger partial charge in [0.05, 0.1) is 18.7 Å². The van der Waals surface area contributed by atoms with Crippen LogP contribution in [0.25, 0.3) is 0 Å². The molecule has 0 aromatic heterocycles. The van der Waals surface area contributed by atoms with Crippen molar-refractivity contribution >= 4 is 23.4 Å². The van der Waals surface area contributed by atoms with Gasteiger partial charge in [-0.25, -0.2) is 0 Å². The molecule has 21 heavy (non-hydrogen) atoms. The molecule has 0 aliphatic carbocycles. The van der Waals surface area contributed by atoms with Crippen LogP contribution in [0.2, 0.25) is 0 Å². The lowest BCUT2D eigenvalue weighted by Gasteiger charge is -2.10. The van der Waals surface area contributed by atoms with Crippen LogP contribution >= 0.6 is 0 Å². The number of ether oxygens (including phenoxy) is 1. The number of carbonyl (C=O) groups excluding carboxylic acids is 3. The Morgan fingerprint density at radius 1 is 1.29 bits per heavy atom. The molecule has 0 atom stereocenters. The lowest BCUT2D eigenvalue weighted by molar-refractivity contribution is -0.119. The highest BCUT2D eigenvalue weighted by Crippen LogP contribution is 2.27. The van der Waals surface area contributed by atoms with E-state index in [1.165, 1.54) is 6.92 Å². The molecule has 1 aromatic rings. The van der Waals surface area contributed by atoms with Crippen LogP contribution < -0.4 is 20.7 Å². The minimum absolute atomic E-state index is 0.142. The van der Waals surface area contributed by atoms with Crippen LogP contribution in [0, 0.1) is 0 Å². The molecule has 0 saturated carbocycles. The van der Waals surface area contributed by atoms with Gasteiger partial charge in [-0.15, -0.1) is 0 Å². The van der Waals surface area contributed by atoms with Gasteiger partial charge in [-0.3, -0.25) is 14.4 Å². The Hall–Kier alpha value is -2.57. The summed E-state index contributed by atoms with van der Waals surface area (Å²) in [6.45, 7) is 2.43. The van der Waals surface area contributed by atoms with Crippen LogP contribution in [0.4, 0.5) is 5.69 Å². The first-order valence-corrected chi connectivity index (χ1v) is 6.65. The molecular formula is C14H17N3O4. The highest BCUT2D eigenvalue weighted by Gasteiger charge is 2.16. The predicted molar refractivity (Wildman–Crippen MR) is 76.2 cm³/mol. The molecule has 2 rings (SSSR count). The van der Waals surface area contributed by atoms with E-state index in [2.05, 4.69) is 16.0 Å². The second kappa shape index (κ2) is 6.74. The first kappa shape index (κ1) is 14.8. The van der Waals surface area contributed by atoms with Crippen molar-refractivity contribution < 1.29 is 19.1 Å². The molecule has 3 N–H and O–H groups in total. The summed E-state index contributed by atoms with van der Waals surface area (Å²) in [5.74, 6) is -0.0107. The molecule has 0 radical (unpaired) electrons. The number of carbonyl (C=O) groups is 3. The van der Waals surface area contributed by atoms with Gasteiger partial charge in [0.1, 0.15) is 5.75 Å². The van der Waals surface area contributed by atoms with Crippen molar-refractivity contribution in [3.63, 3.8) is 0 Å². The van der Waals surface area contributed by atoms with Gasteiger partial charge in [0, 0.05) is 25.6 Å². The summed E-state index contributed by atoms with van der Waals surface area (Å²) in [7, 11) is 0. The highest BCUT2D eigenvalue weighted by atomic mass is 16.5. The van der Waals surface area contributed by atoms with E-state index in [0.717, 1.165) is 0 Å². The van der Waals surface area contributed by atoms with Gasteiger partial charge in [0.15, 0.2) is 0 Å². The Labute approximate surface area is 122 Å². The number of nitrogens with one attached hydrogen (secondary N) is 3. The van der Waals surface area contributed by atoms with Crippen molar-refractivity contribution in [3.05, 3.63) is 23.8 Å². The second-order valence-electron chi connectivity index (χ2n) is 4.60. The molecule has 0 bridgehead atoms. The molecule has 1 aliphatic rings. The molecule has 3 amide bonds. The van der Waals surface area contributed by atoms with E-state index in [1.807, 2.05) is 0 Å². The van der Waals surface area contributed by atoms with Gasteiger partial charge in [-0.2, -0.15) is 0 Å². The van der Waals surface area contributed by atoms with Crippen LogP contribution in [0.15, 0.2) is 18.2 Å². The number of anilines is 1. The van der Waals surface area contributed by atoms with Gasteiger partial charge in [-0.1, -0.05) is 0 Å². The number of amides is 3. The molecule has 0 spiro atoms. The van der Waals surface area contributed by atoms with Crippen molar-refractivity contribution in [3.8, 4) is 5.75 Å². The molecule has 112 valence electrons. The van der Waals surface area contributed by atoms with Crippen molar-refractivity contribution in [2.75, 3.05) is 25.0 Å². The zero-order valence-corrected chi connectivity index (χ0v) is 11.7. The summed E-state index contributed by atoms with van der Waals surface area (Å²) in [5, 5.41) is 7.97. The Bertz CT molecular complexity index is 571. The summed E-state index contributed by atoms with van der Waals surface area (Å²) < 4.78 is 5.42. The molecule has 1 aliphatic heterocycles. The Morgan fingerprint density at radius 2 is 2.05 bits per heavy atom. The van der Waals surface area contributed by atoms with E-state index >= 15 is 0 Å².